The molecular formula is C19H16ClN3OS. The summed E-state index contributed by atoms with van der Waals surface area (Å²) in [4.78, 5) is 13.5. The molecule has 4 nitrogen and oxygen atoms in total. The van der Waals surface area contributed by atoms with E-state index in [9.17, 15) is 4.79 Å². The van der Waals surface area contributed by atoms with Gasteiger partial charge in [0.05, 0.1) is 11.9 Å². The Morgan fingerprint density at radius 2 is 1.88 bits per heavy atom. The molecule has 2 aromatic carbocycles. The van der Waals surface area contributed by atoms with Crippen LogP contribution in [0.1, 0.15) is 23.5 Å². The molecule has 0 spiro atoms. The van der Waals surface area contributed by atoms with Crippen molar-refractivity contribution in [2.75, 3.05) is 11.6 Å². The van der Waals surface area contributed by atoms with Crippen LogP contribution in [0.15, 0.2) is 59.6 Å². The number of hydrogen-bond acceptors (Lipinski definition) is 3. The van der Waals surface area contributed by atoms with Crippen LogP contribution in [0.25, 0.3) is 5.69 Å². The third-order valence-corrected chi connectivity index (χ3v) is 5.41. The van der Waals surface area contributed by atoms with Crippen molar-refractivity contribution in [2.45, 2.75) is 17.2 Å². The number of aromatic nitrogens is 2. The molecule has 1 amide bonds. The van der Waals surface area contributed by atoms with Gasteiger partial charge in [-0.15, -0.1) is 11.8 Å². The van der Waals surface area contributed by atoms with Crippen LogP contribution in [0.3, 0.4) is 0 Å². The number of nitrogens with zero attached hydrogens (tertiary/aromatic N) is 2. The van der Waals surface area contributed by atoms with E-state index in [1.165, 1.54) is 4.90 Å². The SMILES string of the molecule is CSc1ccc(C2CC(=O)Nc3c2cnn3-c2ccc(Cl)cc2)cc1. The highest BCUT2D eigenvalue weighted by Crippen LogP contribution is 2.38. The minimum Gasteiger partial charge on any atom is -0.310 e. The summed E-state index contributed by atoms with van der Waals surface area (Å²) in [5, 5.41) is 8.13. The predicted molar refractivity (Wildman–Crippen MR) is 102 cm³/mol. The summed E-state index contributed by atoms with van der Waals surface area (Å²) in [7, 11) is 0. The van der Waals surface area contributed by atoms with Gasteiger partial charge in [-0.3, -0.25) is 4.79 Å². The molecule has 0 fully saturated rings. The van der Waals surface area contributed by atoms with Crippen molar-refractivity contribution in [3.63, 3.8) is 0 Å². The molecule has 4 rings (SSSR count). The fourth-order valence-corrected chi connectivity index (χ4v) is 3.67. The van der Waals surface area contributed by atoms with Crippen molar-refractivity contribution in [1.29, 1.82) is 0 Å². The molecule has 0 aliphatic carbocycles. The lowest BCUT2D eigenvalue weighted by Gasteiger charge is -2.24. The van der Waals surface area contributed by atoms with Gasteiger partial charge in [-0.2, -0.15) is 5.10 Å². The van der Waals surface area contributed by atoms with E-state index < -0.39 is 0 Å². The van der Waals surface area contributed by atoms with Gasteiger partial charge >= 0.3 is 0 Å². The maximum absolute atomic E-state index is 12.3. The van der Waals surface area contributed by atoms with Crippen LogP contribution in [0.2, 0.25) is 5.02 Å². The number of hydrogen-bond donors (Lipinski definition) is 1. The van der Waals surface area contributed by atoms with Gasteiger partial charge < -0.3 is 5.32 Å². The first-order valence-corrected chi connectivity index (χ1v) is 9.53. The van der Waals surface area contributed by atoms with E-state index in [1.54, 1.807) is 16.4 Å². The van der Waals surface area contributed by atoms with Gasteiger partial charge in [0.2, 0.25) is 5.91 Å². The van der Waals surface area contributed by atoms with Crippen LogP contribution in [0.5, 0.6) is 0 Å². The Labute approximate surface area is 155 Å². The monoisotopic (exact) mass is 369 g/mol. The third-order valence-electron chi connectivity index (χ3n) is 4.41. The molecule has 6 heteroatoms. The molecule has 0 saturated carbocycles. The minimum atomic E-state index is 0.00200. The second-order valence-corrected chi connectivity index (χ2v) is 7.23. The summed E-state index contributed by atoms with van der Waals surface area (Å²) >= 11 is 7.67. The van der Waals surface area contributed by atoms with Gasteiger partial charge in [-0.25, -0.2) is 4.68 Å². The zero-order valence-corrected chi connectivity index (χ0v) is 15.1. The molecule has 0 saturated heterocycles. The number of thioether (sulfide) groups is 1. The zero-order chi connectivity index (χ0) is 17.4. The van der Waals surface area contributed by atoms with E-state index in [4.69, 9.17) is 11.6 Å². The number of carbonyl (C=O) groups excluding carboxylic acids is 1. The average Bonchev–Trinajstić information content (AvgIpc) is 3.05. The third kappa shape index (κ3) is 3.05. The first-order valence-electron chi connectivity index (χ1n) is 7.93. The molecule has 25 heavy (non-hydrogen) atoms. The van der Waals surface area contributed by atoms with Crippen LogP contribution < -0.4 is 5.32 Å². The first kappa shape index (κ1) is 16.2. The zero-order valence-electron chi connectivity index (χ0n) is 13.6. The Kier molecular flexibility index (Phi) is 4.27. The molecule has 0 bridgehead atoms. The standard InChI is InChI=1S/C19H16ClN3OS/c1-25-15-8-2-12(3-9-15)16-10-18(24)22-19-17(16)11-21-23(19)14-6-4-13(20)5-7-14/h2-9,11,16H,10H2,1H3,(H,22,24). The van der Waals surface area contributed by atoms with E-state index in [-0.39, 0.29) is 11.8 Å². The van der Waals surface area contributed by atoms with Gasteiger partial charge in [0, 0.05) is 27.8 Å². The topological polar surface area (TPSA) is 46.9 Å². The van der Waals surface area contributed by atoms with Crippen molar-refractivity contribution in [2.24, 2.45) is 0 Å². The second-order valence-electron chi connectivity index (χ2n) is 5.91. The van der Waals surface area contributed by atoms with Crippen molar-refractivity contribution in [3.05, 3.63) is 70.9 Å². The van der Waals surface area contributed by atoms with E-state index >= 15 is 0 Å². The predicted octanol–water partition coefficient (Wildman–Crippen LogP) is 4.72. The highest BCUT2D eigenvalue weighted by atomic mass is 35.5. The number of carbonyl (C=O) groups is 1. The molecule has 126 valence electrons. The van der Waals surface area contributed by atoms with E-state index in [0.717, 1.165) is 22.6 Å². The van der Waals surface area contributed by atoms with Gasteiger partial charge in [-0.05, 0) is 48.2 Å². The van der Waals surface area contributed by atoms with Gasteiger partial charge in [0.15, 0.2) is 0 Å². The largest absolute Gasteiger partial charge is 0.310 e. The number of fused-ring (bicyclic) bond motifs is 1. The number of halogens is 1. The maximum atomic E-state index is 12.3. The number of anilines is 1. The molecule has 1 N–H and O–H groups in total. The van der Waals surface area contributed by atoms with Gasteiger partial charge in [0.25, 0.3) is 0 Å². The van der Waals surface area contributed by atoms with Crippen molar-refractivity contribution in [1.82, 2.24) is 9.78 Å². The van der Waals surface area contributed by atoms with Gasteiger partial charge in [0.1, 0.15) is 5.82 Å². The number of rotatable bonds is 3. The van der Waals surface area contributed by atoms with E-state index in [2.05, 4.69) is 40.9 Å². The molecule has 0 radical (unpaired) electrons. The summed E-state index contributed by atoms with van der Waals surface area (Å²) in [6.07, 6.45) is 4.33. The first-order chi connectivity index (χ1) is 12.2. The fourth-order valence-electron chi connectivity index (χ4n) is 3.13. The normalized spacial score (nSPS) is 16.4. The lowest BCUT2D eigenvalue weighted by molar-refractivity contribution is -0.116. The summed E-state index contributed by atoms with van der Waals surface area (Å²) < 4.78 is 1.76. The quantitative estimate of drug-likeness (QED) is 0.679. The summed E-state index contributed by atoms with van der Waals surface area (Å²) in [6.45, 7) is 0. The molecule has 2 heterocycles. The van der Waals surface area contributed by atoms with Crippen LogP contribution in [0, 0.1) is 0 Å². The second kappa shape index (κ2) is 6.58. The molecule has 1 atom stereocenters. The number of benzene rings is 2. The lowest BCUT2D eigenvalue weighted by atomic mass is 9.87. The smallest absolute Gasteiger partial charge is 0.226 e. The Balaban J connectivity index is 1.76. The average molecular weight is 370 g/mol. The minimum absolute atomic E-state index is 0.00200. The van der Waals surface area contributed by atoms with E-state index in [1.807, 2.05) is 30.5 Å². The highest BCUT2D eigenvalue weighted by molar-refractivity contribution is 7.98. The van der Waals surface area contributed by atoms with E-state index in [0.29, 0.717) is 11.4 Å². The Hall–Kier alpha value is -2.24. The molecular weight excluding hydrogens is 354 g/mol. The molecule has 3 aromatic rings. The fraction of sp³-hybridized carbons (Fsp3) is 0.158. The van der Waals surface area contributed by atoms with Crippen LogP contribution in [0.4, 0.5) is 5.82 Å². The molecule has 1 aliphatic heterocycles. The molecule has 1 aromatic heterocycles. The van der Waals surface area contributed by atoms with Crippen molar-refractivity contribution >= 4 is 35.1 Å². The lowest BCUT2D eigenvalue weighted by Crippen LogP contribution is -2.24. The van der Waals surface area contributed by atoms with Crippen LogP contribution in [-0.4, -0.2) is 21.9 Å². The Morgan fingerprint density at radius 3 is 2.56 bits per heavy atom. The molecule has 1 aliphatic rings. The van der Waals surface area contributed by atoms with Crippen molar-refractivity contribution in [3.8, 4) is 5.69 Å². The van der Waals surface area contributed by atoms with Gasteiger partial charge in [-0.1, -0.05) is 23.7 Å². The summed E-state index contributed by atoms with van der Waals surface area (Å²) in [6, 6.07) is 15.8. The van der Waals surface area contributed by atoms with Crippen LogP contribution in [-0.2, 0) is 4.79 Å². The number of nitrogens with one attached hydrogen (secondary N) is 1. The highest BCUT2D eigenvalue weighted by Gasteiger charge is 2.30. The molecule has 1 unspecified atom stereocenters. The number of amides is 1. The Bertz CT molecular complexity index is 919. The van der Waals surface area contributed by atoms with Crippen LogP contribution >= 0.6 is 23.4 Å². The van der Waals surface area contributed by atoms with Crippen molar-refractivity contribution < 1.29 is 4.79 Å². The maximum Gasteiger partial charge on any atom is 0.226 e. The summed E-state index contributed by atoms with van der Waals surface area (Å²) in [5.41, 5.74) is 3.03. The summed E-state index contributed by atoms with van der Waals surface area (Å²) in [5.74, 6) is 0.750. The Morgan fingerprint density at radius 1 is 1.16 bits per heavy atom.